The van der Waals surface area contributed by atoms with E-state index < -0.39 is 0 Å². The molecule has 0 aliphatic heterocycles. The molecule has 0 fully saturated rings. The number of rotatable bonds is 2. The van der Waals surface area contributed by atoms with Crippen LogP contribution in [0.4, 0.5) is 0 Å². The minimum Gasteiger partial charge on any atom is -0.508 e. The Morgan fingerprint density at radius 1 is 1.13 bits per heavy atom. The normalized spacial score (nSPS) is 10.2. The van der Waals surface area contributed by atoms with E-state index in [0.29, 0.717) is 12.4 Å². The van der Waals surface area contributed by atoms with Crippen molar-refractivity contribution in [2.24, 2.45) is 5.73 Å². The molecule has 0 saturated carbocycles. The zero-order valence-electron chi connectivity index (χ0n) is 8.09. The molecule has 0 atom stereocenters. The van der Waals surface area contributed by atoms with Gasteiger partial charge in [-0.25, -0.2) is 9.97 Å². The Morgan fingerprint density at radius 2 is 1.87 bits per heavy atom. The number of aromatic hydroxyl groups is 1. The summed E-state index contributed by atoms with van der Waals surface area (Å²) in [4.78, 5) is 8.41. The molecule has 1 aromatic carbocycles. The molecule has 0 spiro atoms. The van der Waals surface area contributed by atoms with Crippen molar-refractivity contribution in [3.63, 3.8) is 0 Å². The maximum Gasteiger partial charge on any atom is 0.159 e. The van der Waals surface area contributed by atoms with E-state index in [1.165, 1.54) is 0 Å². The Morgan fingerprint density at radius 3 is 2.53 bits per heavy atom. The van der Waals surface area contributed by atoms with E-state index >= 15 is 0 Å². The average molecular weight is 201 g/mol. The van der Waals surface area contributed by atoms with Crippen molar-refractivity contribution in [1.29, 1.82) is 0 Å². The Kier molecular flexibility index (Phi) is 2.60. The predicted molar refractivity (Wildman–Crippen MR) is 57.0 cm³/mol. The van der Waals surface area contributed by atoms with Crippen molar-refractivity contribution in [2.45, 2.75) is 6.54 Å². The van der Waals surface area contributed by atoms with Gasteiger partial charge in [-0.05, 0) is 30.3 Å². The minimum atomic E-state index is 0.230. The van der Waals surface area contributed by atoms with Crippen molar-refractivity contribution >= 4 is 0 Å². The van der Waals surface area contributed by atoms with E-state index in [-0.39, 0.29) is 5.75 Å². The van der Waals surface area contributed by atoms with E-state index in [0.717, 1.165) is 11.3 Å². The molecule has 0 bridgehead atoms. The molecule has 4 nitrogen and oxygen atoms in total. The molecule has 2 aromatic rings. The van der Waals surface area contributed by atoms with Crippen LogP contribution >= 0.6 is 0 Å². The van der Waals surface area contributed by atoms with E-state index in [4.69, 9.17) is 10.8 Å². The molecule has 0 aliphatic carbocycles. The quantitative estimate of drug-likeness (QED) is 0.768. The molecule has 0 unspecified atom stereocenters. The summed E-state index contributed by atoms with van der Waals surface area (Å²) in [6.07, 6.45) is 1.68. The number of hydrogen-bond donors (Lipinski definition) is 2. The lowest BCUT2D eigenvalue weighted by Gasteiger charge is -2.01. The molecular weight excluding hydrogens is 190 g/mol. The van der Waals surface area contributed by atoms with Gasteiger partial charge in [-0.1, -0.05) is 0 Å². The summed E-state index contributed by atoms with van der Waals surface area (Å²) in [6, 6.07) is 8.53. The third-order valence-electron chi connectivity index (χ3n) is 2.05. The van der Waals surface area contributed by atoms with Gasteiger partial charge in [0.15, 0.2) is 5.82 Å². The van der Waals surface area contributed by atoms with Gasteiger partial charge in [0.25, 0.3) is 0 Å². The molecule has 1 heterocycles. The lowest BCUT2D eigenvalue weighted by atomic mass is 10.2. The van der Waals surface area contributed by atoms with Gasteiger partial charge in [0.2, 0.25) is 0 Å². The second-order valence-corrected chi connectivity index (χ2v) is 3.12. The second kappa shape index (κ2) is 4.06. The van der Waals surface area contributed by atoms with Crippen LogP contribution in [0.5, 0.6) is 5.75 Å². The topological polar surface area (TPSA) is 72.0 Å². The third-order valence-corrected chi connectivity index (χ3v) is 2.05. The van der Waals surface area contributed by atoms with E-state index in [2.05, 4.69) is 9.97 Å². The largest absolute Gasteiger partial charge is 0.508 e. The number of aromatic nitrogens is 2. The first kappa shape index (κ1) is 9.61. The monoisotopic (exact) mass is 201 g/mol. The first-order valence-electron chi connectivity index (χ1n) is 4.61. The molecule has 0 radical (unpaired) electrons. The molecule has 15 heavy (non-hydrogen) atoms. The highest BCUT2D eigenvalue weighted by Gasteiger charge is 2.01. The van der Waals surface area contributed by atoms with Gasteiger partial charge in [0.05, 0.1) is 5.69 Å². The maximum atomic E-state index is 9.14. The van der Waals surface area contributed by atoms with E-state index in [1.54, 1.807) is 36.5 Å². The van der Waals surface area contributed by atoms with Crippen LogP contribution in [0.2, 0.25) is 0 Å². The van der Waals surface area contributed by atoms with E-state index in [1.807, 2.05) is 0 Å². The molecule has 4 heteroatoms. The fourth-order valence-electron chi connectivity index (χ4n) is 1.26. The Balaban J connectivity index is 2.40. The average Bonchev–Trinajstić information content (AvgIpc) is 2.30. The lowest BCUT2D eigenvalue weighted by Crippen LogP contribution is -2.01. The van der Waals surface area contributed by atoms with Gasteiger partial charge in [-0.15, -0.1) is 0 Å². The minimum absolute atomic E-state index is 0.230. The van der Waals surface area contributed by atoms with Gasteiger partial charge in [0, 0.05) is 18.3 Å². The smallest absolute Gasteiger partial charge is 0.159 e. The van der Waals surface area contributed by atoms with Crippen LogP contribution in [-0.4, -0.2) is 15.1 Å². The highest BCUT2D eigenvalue weighted by Crippen LogP contribution is 2.17. The molecular formula is C11H11N3O. The van der Waals surface area contributed by atoms with Crippen LogP contribution in [-0.2, 0) is 6.54 Å². The van der Waals surface area contributed by atoms with Gasteiger partial charge in [0.1, 0.15) is 5.75 Å². The molecule has 0 saturated heterocycles. The Bertz CT molecular complexity index is 454. The Hall–Kier alpha value is -1.94. The number of phenols is 1. The van der Waals surface area contributed by atoms with Crippen LogP contribution in [0.15, 0.2) is 36.5 Å². The van der Waals surface area contributed by atoms with Crippen LogP contribution in [0, 0.1) is 0 Å². The lowest BCUT2D eigenvalue weighted by molar-refractivity contribution is 0.475. The summed E-state index contributed by atoms with van der Waals surface area (Å²) in [5, 5.41) is 9.14. The summed E-state index contributed by atoms with van der Waals surface area (Å²) in [5.74, 6) is 0.853. The highest BCUT2D eigenvalue weighted by molar-refractivity contribution is 5.55. The van der Waals surface area contributed by atoms with Crippen molar-refractivity contribution in [2.75, 3.05) is 0 Å². The summed E-state index contributed by atoms with van der Waals surface area (Å²) in [5.41, 5.74) is 7.15. The molecule has 76 valence electrons. The summed E-state index contributed by atoms with van der Waals surface area (Å²) in [6.45, 7) is 0.396. The van der Waals surface area contributed by atoms with E-state index in [9.17, 15) is 0 Å². The number of nitrogens with zero attached hydrogens (tertiary/aromatic N) is 2. The number of nitrogens with two attached hydrogens (primary N) is 1. The third kappa shape index (κ3) is 2.11. The SMILES string of the molecule is NCc1ccnc(-c2ccc(O)cc2)n1. The molecule has 3 N–H and O–H groups in total. The van der Waals surface area contributed by atoms with Gasteiger partial charge < -0.3 is 10.8 Å². The summed E-state index contributed by atoms with van der Waals surface area (Å²) >= 11 is 0. The molecule has 0 aliphatic rings. The standard InChI is InChI=1S/C11H11N3O/c12-7-9-5-6-13-11(14-9)8-1-3-10(15)4-2-8/h1-6,15H,7,12H2. The fraction of sp³-hybridized carbons (Fsp3) is 0.0909. The second-order valence-electron chi connectivity index (χ2n) is 3.12. The molecule has 0 amide bonds. The van der Waals surface area contributed by atoms with Gasteiger partial charge >= 0.3 is 0 Å². The summed E-state index contributed by atoms with van der Waals surface area (Å²) < 4.78 is 0. The van der Waals surface area contributed by atoms with Crippen molar-refractivity contribution in [3.8, 4) is 17.1 Å². The first-order valence-corrected chi connectivity index (χ1v) is 4.61. The molecule has 1 aromatic heterocycles. The van der Waals surface area contributed by atoms with Crippen molar-refractivity contribution in [3.05, 3.63) is 42.2 Å². The van der Waals surface area contributed by atoms with Gasteiger partial charge in [-0.3, -0.25) is 0 Å². The number of benzene rings is 1. The van der Waals surface area contributed by atoms with Crippen molar-refractivity contribution in [1.82, 2.24) is 9.97 Å². The maximum absolute atomic E-state index is 9.14. The van der Waals surface area contributed by atoms with Crippen molar-refractivity contribution < 1.29 is 5.11 Å². The zero-order chi connectivity index (χ0) is 10.7. The molecule has 2 rings (SSSR count). The predicted octanol–water partition coefficient (Wildman–Crippen LogP) is 1.31. The van der Waals surface area contributed by atoms with Crippen LogP contribution < -0.4 is 5.73 Å². The van der Waals surface area contributed by atoms with Crippen LogP contribution in [0.1, 0.15) is 5.69 Å². The van der Waals surface area contributed by atoms with Crippen LogP contribution in [0.25, 0.3) is 11.4 Å². The van der Waals surface area contributed by atoms with Gasteiger partial charge in [-0.2, -0.15) is 0 Å². The number of hydrogen-bond acceptors (Lipinski definition) is 4. The Labute approximate surface area is 87.4 Å². The first-order chi connectivity index (χ1) is 7.29. The zero-order valence-corrected chi connectivity index (χ0v) is 8.09. The number of phenolic OH excluding ortho intramolecular Hbond substituents is 1. The summed E-state index contributed by atoms with van der Waals surface area (Å²) in [7, 11) is 0. The fourth-order valence-corrected chi connectivity index (χ4v) is 1.26. The van der Waals surface area contributed by atoms with Crippen LogP contribution in [0.3, 0.4) is 0 Å². The highest BCUT2D eigenvalue weighted by atomic mass is 16.3.